The third-order valence-electron chi connectivity index (χ3n) is 3.64. The van der Waals surface area contributed by atoms with Crippen LogP contribution >= 0.6 is 11.8 Å². The molecule has 0 aliphatic rings. The average Bonchev–Trinajstić information content (AvgIpc) is 2.60. The minimum absolute atomic E-state index is 0.0906. The lowest BCUT2D eigenvalue weighted by molar-refractivity contribution is 0.206. The zero-order valence-corrected chi connectivity index (χ0v) is 15.4. The van der Waals surface area contributed by atoms with Crippen molar-refractivity contribution < 1.29 is 4.79 Å². The van der Waals surface area contributed by atoms with Gasteiger partial charge in [0, 0.05) is 45.3 Å². The lowest BCUT2D eigenvalue weighted by Gasteiger charge is -2.18. The lowest BCUT2D eigenvalue weighted by atomic mass is 10.2. The second-order valence-electron chi connectivity index (χ2n) is 5.78. The number of carbonyl (C=O) groups excluding carboxylic acids is 1. The average molecular weight is 344 g/mol. The highest BCUT2D eigenvalue weighted by molar-refractivity contribution is 7.98. The van der Waals surface area contributed by atoms with Gasteiger partial charge in [0.2, 0.25) is 0 Å². The van der Waals surface area contributed by atoms with Crippen LogP contribution in [0.25, 0.3) is 0 Å². The summed E-state index contributed by atoms with van der Waals surface area (Å²) in [6, 6.07) is 12.1. The van der Waals surface area contributed by atoms with Crippen molar-refractivity contribution in [1.82, 2.24) is 15.2 Å². The van der Waals surface area contributed by atoms with E-state index in [2.05, 4.69) is 40.8 Å². The van der Waals surface area contributed by atoms with Gasteiger partial charge >= 0.3 is 6.03 Å². The van der Waals surface area contributed by atoms with E-state index in [9.17, 15) is 4.79 Å². The van der Waals surface area contributed by atoms with Crippen molar-refractivity contribution in [2.45, 2.75) is 18.0 Å². The predicted octanol–water partition coefficient (Wildman–Crippen LogP) is 3.21. The van der Waals surface area contributed by atoms with E-state index in [1.807, 2.05) is 31.1 Å². The van der Waals surface area contributed by atoms with Gasteiger partial charge < -0.3 is 15.1 Å². The van der Waals surface area contributed by atoms with Crippen molar-refractivity contribution in [3.63, 3.8) is 0 Å². The van der Waals surface area contributed by atoms with Crippen molar-refractivity contribution in [3.05, 3.63) is 53.7 Å². The van der Waals surface area contributed by atoms with Crippen LogP contribution < -0.4 is 10.2 Å². The van der Waals surface area contributed by atoms with Crippen molar-refractivity contribution in [2.75, 3.05) is 32.3 Å². The molecule has 2 rings (SSSR count). The predicted molar refractivity (Wildman–Crippen MR) is 100 cm³/mol. The number of hydrogen-bond donors (Lipinski definition) is 1. The van der Waals surface area contributed by atoms with E-state index in [1.54, 1.807) is 29.9 Å². The number of nitrogens with one attached hydrogen (secondary N) is 1. The Bertz CT molecular complexity index is 673. The zero-order valence-electron chi connectivity index (χ0n) is 14.6. The van der Waals surface area contributed by atoms with E-state index in [0.717, 1.165) is 16.9 Å². The summed E-state index contributed by atoms with van der Waals surface area (Å²) in [7, 11) is 5.69. The highest BCUT2D eigenvalue weighted by atomic mass is 32.2. The Hall–Kier alpha value is -2.21. The molecule has 0 aliphatic heterocycles. The number of carbonyl (C=O) groups is 1. The standard InChI is InChI=1S/C18H24N4OS/c1-21(2)17-11-15(9-10-19-17)12-20-18(23)22(3)13-14-5-7-16(24-4)8-6-14/h5-11H,12-13H2,1-4H3,(H,20,23). The normalized spacial score (nSPS) is 10.3. The van der Waals surface area contributed by atoms with Crippen LogP contribution in [0.1, 0.15) is 11.1 Å². The molecular weight excluding hydrogens is 320 g/mol. The number of aromatic nitrogens is 1. The molecule has 1 heterocycles. The third-order valence-corrected chi connectivity index (χ3v) is 4.38. The van der Waals surface area contributed by atoms with Crippen LogP contribution in [0.4, 0.5) is 10.6 Å². The smallest absolute Gasteiger partial charge is 0.317 e. The second kappa shape index (κ2) is 8.59. The fourth-order valence-corrected chi connectivity index (χ4v) is 2.61. The van der Waals surface area contributed by atoms with Gasteiger partial charge in [-0.1, -0.05) is 12.1 Å². The Morgan fingerprint density at radius 2 is 1.83 bits per heavy atom. The molecule has 0 aliphatic carbocycles. The fourth-order valence-electron chi connectivity index (χ4n) is 2.20. The van der Waals surface area contributed by atoms with Crippen LogP contribution in [0.3, 0.4) is 0 Å². The fraction of sp³-hybridized carbons (Fsp3) is 0.333. The van der Waals surface area contributed by atoms with Crippen LogP contribution in [0.15, 0.2) is 47.5 Å². The first kappa shape index (κ1) is 18.1. The molecule has 6 heteroatoms. The van der Waals surface area contributed by atoms with Crippen LogP contribution in [-0.2, 0) is 13.1 Å². The number of benzene rings is 1. The number of rotatable bonds is 6. The Morgan fingerprint density at radius 3 is 2.46 bits per heavy atom. The summed E-state index contributed by atoms with van der Waals surface area (Å²) in [5.41, 5.74) is 2.14. The summed E-state index contributed by atoms with van der Waals surface area (Å²) in [6.45, 7) is 1.07. The highest BCUT2D eigenvalue weighted by Crippen LogP contribution is 2.15. The van der Waals surface area contributed by atoms with Crippen LogP contribution in [-0.4, -0.2) is 43.3 Å². The quantitative estimate of drug-likeness (QED) is 0.818. The van der Waals surface area contributed by atoms with Gasteiger partial charge in [0.25, 0.3) is 0 Å². The maximum absolute atomic E-state index is 12.2. The molecule has 2 amide bonds. The van der Waals surface area contributed by atoms with Gasteiger partial charge in [0.15, 0.2) is 0 Å². The van der Waals surface area contributed by atoms with E-state index < -0.39 is 0 Å². The van der Waals surface area contributed by atoms with Crippen molar-refractivity contribution in [3.8, 4) is 0 Å². The lowest BCUT2D eigenvalue weighted by Crippen LogP contribution is -2.36. The number of thioether (sulfide) groups is 1. The molecule has 0 atom stereocenters. The number of anilines is 1. The first-order valence-electron chi connectivity index (χ1n) is 7.73. The largest absolute Gasteiger partial charge is 0.363 e. The molecule has 24 heavy (non-hydrogen) atoms. The molecule has 2 aromatic rings. The number of urea groups is 1. The molecule has 0 radical (unpaired) electrons. The molecule has 1 aromatic carbocycles. The minimum Gasteiger partial charge on any atom is -0.363 e. The third kappa shape index (κ3) is 5.16. The molecule has 5 nitrogen and oxygen atoms in total. The molecule has 0 saturated heterocycles. The van der Waals surface area contributed by atoms with Gasteiger partial charge in [0.05, 0.1) is 0 Å². The molecule has 1 N–H and O–H groups in total. The monoisotopic (exact) mass is 344 g/mol. The highest BCUT2D eigenvalue weighted by Gasteiger charge is 2.09. The maximum Gasteiger partial charge on any atom is 0.317 e. The summed E-state index contributed by atoms with van der Waals surface area (Å²) < 4.78 is 0. The van der Waals surface area contributed by atoms with Crippen LogP contribution in [0.2, 0.25) is 0 Å². The van der Waals surface area contributed by atoms with Gasteiger partial charge in [-0.25, -0.2) is 9.78 Å². The summed E-state index contributed by atoms with van der Waals surface area (Å²) in [5, 5.41) is 2.94. The van der Waals surface area contributed by atoms with E-state index in [-0.39, 0.29) is 6.03 Å². The van der Waals surface area contributed by atoms with E-state index in [4.69, 9.17) is 0 Å². The van der Waals surface area contributed by atoms with Crippen molar-refractivity contribution in [2.24, 2.45) is 0 Å². The van der Waals surface area contributed by atoms with Crippen LogP contribution in [0.5, 0.6) is 0 Å². The number of pyridine rings is 1. The summed E-state index contributed by atoms with van der Waals surface area (Å²) in [4.78, 5) is 21.4. The van der Waals surface area contributed by atoms with Crippen LogP contribution in [0, 0.1) is 0 Å². The molecule has 0 spiro atoms. The Labute approximate surface area is 148 Å². The number of nitrogens with zero attached hydrogens (tertiary/aromatic N) is 3. The molecule has 0 unspecified atom stereocenters. The zero-order chi connectivity index (χ0) is 17.5. The topological polar surface area (TPSA) is 48.5 Å². The minimum atomic E-state index is -0.0906. The van der Waals surface area contributed by atoms with Gasteiger partial charge in [-0.05, 0) is 41.6 Å². The first-order chi connectivity index (χ1) is 11.5. The number of amides is 2. The van der Waals surface area contributed by atoms with E-state index in [0.29, 0.717) is 13.1 Å². The molecule has 0 fully saturated rings. The molecule has 128 valence electrons. The SMILES string of the molecule is CSc1ccc(CN(C)C(=O)NCc2ccnc(N(C)C)c2)cc1. The Kier molecular flexibility index (Phi) is 6.49. The second-order valence-corrected chi connectivity index (χ2v) is 6.66. The van der Waals surface area contributed by atoms with Gasteiger partial charge in [0.1, 0.15) is 5.82 Å². The summed E-state index contributed by atoms with van der Waals surface area (Å²) >= 11 is 1.71. The molecular formula is C18H24N4OS. The van der Waals surface area contributed by atoms with E-state index >= 15 is 0 Å². The maximum atomic E-state index is 12.2. The van der Waals surface area contributed by atoms with Gasteiger partial charge in [-0.15, -0.1) is 11.8 Å². The summed E-state index contributed by atoms with van der Waals surface area (Å²) in [5.74, 6) is 0.879. The Balaban J connectivity index is 1.88. The summed E-state index contributed by atoms with van der Waals surface area (Å²) in [6.07, 6.45) is 3.81. The van der Waals surface area contributed by atoms with Crippen molar-refractivity contribution in [1.29, 1.82) is 0 Å². The first-order valence-corrected chi connectivity index (χ1v) is 8.96. The van der Waals surface area contributed by atoms with Crippen molar-refractivity contribution >= 4 is 23.6 Å². The number of hydrogen-bond acceptors (Lipinski definition) is 4. The molecule has 1 aromatic heterocycles. The molecule has 0 bridgehead atoms. The Morgan fingerprint density at radius 1 is 1.12 bits per heavy atom. The van der Waals surface area contributed by atoms with E-state index in [1.165, 1.54) is 4.90 Å². The van der Waals surface area contributed by atoms with Gasteiger partial charge in [-0.2, -0.15) is 0 Å². The molecule has 0 saturated carbocycles. The van der Waals surface area contributed by atoms with Gasteiger partial charge in [-0.3, -0.25) is 0 Å².